The molecular weight excluding hydrogens is 503 g/mol. The lowest BCUT2D eigenvalue weighted by Gasteiger charge is -2.07. The van der Waals surface area contributed by atoms with Crippen LogP contribution in [0.25, 0.3) is 11.3 Å². The molecular formula is C24H26N4O8P+. The second kappa shape index (κ2) is 12.7. The number of anilines is 1. The van der Waals surface area contributed by atoms with Crippen LogP contribution in [0.1, 0.15) is 23.7 Å². The molecule has 0 radical (unpaired) electrons. The Hall–Kier alpha value is -4.09. The molecule has 0 spiro atoms. The number of carboxylic acid groups (broad SMARTS) is 1. The van der Waals surface area contributed by atoms with Crippen LogP contribution in [0, 0.1) is 0 Å². The van der Waals surface area contributed by atoms with Gasteiger partial charge in [-0.1, -0.05) is 35.5 Å². The monoisotopic (exact) mass is 529 g/mol. The van der Waals surface area contributed by atoms with E-state index in [1.54, 1.807) is 30.6 Å². The van der Waals surface area contributed by atoms with Crippen LogP contribution in [-0.2, 0) is 33.6 Å². The Balaban J connectivity index is 0.000000886. The van der Waals surface area contributed by atoms with Crippen LogP contribution < -0.4 is 15.0 Å². The zero-order valence-corrected chi connectivity index (χ0v) is 20.7. The number of nitrogens with zero attached hydrogens (tertiary/aromatic N) is 3. The van der Waals surface area contributed by atoms with Gasteiger partial charge in [-0.2, -0.15) is 0 Å². The number of carbonyl (C=O) groups is 1. The predicted octanol–water partition coefficient (Wildman–Crippen LogP) is 2.93. The summed E-state index contributed by atoms with van der Waals surface area (Å²) in [6.45, 7) is 1.10. The molecule has 4 aromatic rings. The third-order valence-corrected chi connectivity index (χ3v) is 5.19. The van der Waals surface area contributed by atoms with Crippen LogP contribution >= 0.6 is 7.82 Å². The van der Waals surface area contributed by atoms with Gasteiger partial charge in [0.2, 0.25) is 12.6 Å². The molecule has 37 heavy (non-hydrogen) atoms. The highest BCUT2D eigenvalue weighted by Crippen LogP contribution is 2.35. The van der Waals surface area contributed by atoms with Gasteiger partial charge in [-0.25, -0.2) is 18.6 Å². The highest BCUT2D eigenvalue weighted by molar-refractivity contribution is 7.46. The molecule has 0 aliphatic heterocycles. The topological polar surface area (TPSA) is 182 Å². The van der Waals surface area contributed by atoms with Gasteiger partial charge in [-0.15, -0.1) is 0 Å². The van der Waals surface area contributed by atoms with Crippen molar-refractivity contribution in [3.8, 4) is 17.2 Å². The Bertz CT molecular complexity index is 1350. The normalized spacial score (nSPS) is 10.9. The number of nitrogen functional groups attached to an aromatic ring is 1. The van der Waals surface area contributed by atoms with Gasteiger partial charge in [-0.3, -0.25) is 10.5 Å². The number of phosphoric acid groups is 1. The van der Waals surface area contributed by atoms with Gasteiger partial charge in [0.05, 0.1) is 11.9 Å². The first kappa shape index (κ1) is 27.5. The summed E-state index contributed by atoms with van der Waals surface area (Å²) < 4.78 is 27.9. The molecule has 0 saturated carbocycles. The molecule has 0 atom stereocenters. The largest absolute Gasteiger partial charge is 0.481 e. The van der Waals surface area contributed by atoms with Gasteiger partial charge >= 0.3 is 7.82 Å². The number of carboxylic acids is 1. The lowest BCUT2D eigenvalue weighted by Crippen LogP contribution is -2.38. The van der Waals surface area contributed by atoms with Crippen molar-refractivity contribution in [1.82, 2.24) is 10.1 Å². The number of pyridine rings is 2. The Labute approximate surface area is 212 Å². The fourth-order valence-electron chi connectivity index (χ4n) is 3.10. The number of ether oxygens (including phenoxy) is 1. The molecule has 0 amide bonds. The first-order valence-electron chi connectivity index (χ1n) is 10.9. The number of nitrogens with two attached hydrogens (primary N) is 1. The van der Waals surface area contributed by atoms with Crippen molar-refractivity contribution >= 4 is 19.6 Å². The van der Waals surface area contributed by atoms with E-state index in [4.69, 9.17) is 34.7 Å². The SMILES string of the molecule is CC(=O)O.Nc1c(-c2cc(Cc3ccc(COc4ccccn4)cc3)no2)ccc[n+]1COP(=O)(O)O. The van der Waals surface area contributed by atoms with E-state index in [0.717, 1.165) is 18.1 Å². The van der Waals surface area contributed by atoms with Gasteiger partial charge in [0, 0.05) is 31.7 Å². The molecule has 194 valence electrons. The maximum absolute atomic E-state index is 11.0. The summed E-state index contributed by atoms with van der Waals surface area (Å²) in [5.74, 6) is 0.408. The summed E-state index contributed by atoms with van der Waals surface area (Å²) in [5, 5.41) is 11.5. The van der Waals surface area contributed by atoms with Crippen molar-refractivity contribution < 1.29 is 42.6 Å². The molecule has 0 bridgehead atoms. The van der Waals surface area contributed by atoms with Crippen LogP contribution in [0.5, 0.6) is 5.88 Å². The van der Waals surface area contributed by atoms with Gasteiger partial charge in [-0.05, 0) is 29.3 Å². The summed E-state index contributed by atoms with van der Waals surface area (Å²) >= 11 is 0. The minimum atomic E-state index is -4.62. The fourth-order valence-corrected chi connectivity index (χ4v) is 3.37. The smallest absolute Gasteiger partial charge is 0.472 e. The molecule has 0 saturated heterocycles. The summed E-state index contributed by atoms with van der Waals surface area (Å²) in [6, 6.07) is 18.6. The number of rotatable bonds is 9. The van der Waals surface area contributed by atoms with Crippen molar-refractivity contribution in [2.75, 3.05) is 5.73 Å². The molecule has 0 aliphatic carbocycles. The van der Waals surface area contributed by atoms with Gasteiger partial charge in [0.1, 0.15) is 12.2 Å². The molecule has 1 aromatic carbocycles. The number of benzene rings is 1. The minimum absolute atomic E-state index is 0.228. The number of hydrogen-bond acceptors (Lipinski definition) is 8. The minimum Gasteiger partial charge on any atom is -0.481 e. The maximum Gasteiger partial charge on any atom is 0.472 e. The van der Waals surface area contributed by atoms with Crippen molar-refractivity contribution in [2.24, 2.45) is 0 Å². The second-order valence-corrected chi connectivity index (χ2v) is 8.92. The maximum atomic E-state index is 11.0. The number of aliphatic carboxylic acids is 1. The average molecular weight is 529 g/mol. The fraction of sp³-hybridized carbons (Fsp3) is 0.167. The first-order chi connectivity index (χ1) is 17.6. The van der Waals surface area contributed by atoms with Crippen molar-refractivity contribution in [3.63, 3.8) is 0 Å². The van der Waals surface area contributed by atoms with E-state index >= 15 is 0 Å². The lowest BCUT2D eigenvalue weighted by atomic mass is 10.1. The predicted molar refractivity (Wildman–Crippen MR) is 131 cm³/mol. The third-order valence-electron chi connectivity index (χ3n) is 4.74. The summed E-state index contributed by atoms with van der Waals surface area (Å²) in [6.07, 6.45) is 3.78. The molecule has 5 N–H and O–H groups in total. The van der Waals surface area contributed by atoms with Gasteiger partial charge < -0.3 is 24.2 Å². The van der Waals surface area contributed by atoms with E-state index in [1.165, 1.54) is 4.57 Å². The van der Waals surface area contributed by atoms with E-state index in [1.807, 2.05) is 42.5 Å². The van der Waals surface area contributed by atoms with Crippen molar-refractivity contribution in [2.45, 2.75) is 26.7 Å². The summed E-state index contributed by atoms with van der Waals surface area (Å²) in [4.78, 5) is 30.9. The van der Waals surface area contributed by atoms with E-state index in [9.17, 15) is 4.57 Å². The molecule has 3 aromatic heterocycles. The molecule has 12 nitrogen and oxygen atoms in total. The molecule has 3 heterocycles. The van der Waals surface area contributed by atoms with Crippen LogP contribution in [0.3, 0.4) is 0 Å². The van der Waals surface area contributed by atoms with Crippen molar-refractivity contribution in [1.29, 1.82) is 0 Å². The molecule has 0 fully saturated rings. The van der Waals surface area contributed by atoms with Gasteiger partial charge in [0.15, 0.2) is 5.76 Å². The Morgan fingerprint density at radius 2 is 1.81 bits per heavy atom. The van der Waals surface area contributed by atoms with E-state index < -0.39 is 20.5 Å². The quantitative estimate of drug-likeness (QED) is 0.185. The van der Waals surface area contributed by atoms with Crippen LogP contribution in [-0.4, -0.2) is 31.0 Å². The average Bonchev–Trinajstić information content (AvgIpc) is 3.31. The zero-order chi connectivity index (χ0) is 26.8. The number of aromatic nitrogens is 3. The standard InChI is InChI=1S/C22H21N4O6P.C2H4O2/c23-22-19(4-3-11-26(22)15-31-33(27,28)29)20-13-18(25-32-20)12-16-6-8-17(9-7-16)14-30-21-5-1-2-10-24-21;1-2(3)4/h1-11,13,23H,12,14-15H2,(H2,27,28,29);1H3,(H,3,4)/p+1. The highest BCUT2D eigenvalue weighted by Gasteiger charge is 2.20. The highest BCUT2D eigenvalue weighted by atomic mass is 31.2. The van der Waals surface area contributed by atoms with Crippen molar-refractivity contribution in [3.05, 3.63) is 89.9 Å². The lowest BCUT2D eigenvalue weighted by molar-refractivity contribution is -0.711. The van der Waals surface area contributed by atoms with E-state index in [-0.39, 0.29) is 5.82 Å². The zero-order valence-electron chi connectivity index (χ0n) is 19.8. The molecule has 0 aliphatic rings. The van der Waals surface area contributed by atoms with E-state index in [0.29, 0.717) is 35.9 Å². The van der Waals surface area contributed by atoms with Gasteiger partial charge in [0.25, 0.3) is 11.8 Å². The Kier molecular flexibility index (Phi) is 9.47. The van der Waals surface area contributed by atoms with Crippen LogP contribution in [0.4, 0.5) is 5.82 Å². The number of phosphoric ester groups is 1. The van der Waals surface area contributed by atoms with E-state index in [2.05, 4.69) is 14.7 Å². The molecule has 13 heteroatoms. The Morgan fingerprint density at radius 1 is 1.11 bits per heavy atom. The third kappa shape index (κ3) is 9.13. The summed E-state index contributed by atoms with van der Waals surface area (Å²) in [7, 11) is -4.62. The Morgan fingerprint density at radius 3 is 2.46 bits per heavy atom. The van der Waals surface area contributed by atoms with Crippen LogP contribution in [0.15, 0.2) is 77.6 Å². The first-order valence-corrected chi connectivity index (χ1v) is 12.4. The molecule has 0 unspecified atom stereocenters. The van der Waals surface area contributed by atoms with Crippen LogP contribution in [0.2, 0.25) is 0 Å². The number of hydrogen-bond donors (Lipinski definition) is 4. The molecule has 4 rings (SSSR count). The second-order valence-electron chi connectivity index (χ2n) is 7.68. The summed E-state index contributed by atoms with van der Waals surface area (Å²) in [5.41, 5.74) is 9.43.